The summed E-state index contributed by atoms with van der Waals surface area (Å²) in [5.41, 5.74) is 2.30. The van der Waals surface area contributed by atoms with Crippen LogP contribution in [0.1, 0.15) is 6.92 Å². The zero-order valence-electron chi connectivity index (χ0n) is 9.75. The molecule has 0 saturated carbocycles. The number of anilines is 1. The smallest absolute Gasteiger partial charge is 0.225 e. The van der Waals surface area contributed by atoms with Crippen LogP contribution in [0.25, 0.3) is 22.3 Å². The summed E-state index contributed by atoms with van der Waals surface area (Å²) in [4.78, 5) is 16.8. The van der Waals surface area contributed by atoms with E-state index in [1.54, 1.807) is 18.6 Å². The van der Waals surface area contributed by atoms with Crippen LogP contribution in [0.15, 0.2) is 24.9 Å². The number of fused-ring (bicyclic) bond motifs is 1. The summed E-state index contributed by atoms with van der Waals surface area (Å²) in [5, 5.41) is 10.8. The van der Waals surface area contributed by atoms with Gasteiger partial charge in [-0.3, -0.25) is 5.10 Å². The Morgan fingerprint density at radius 1 is 1.17 bits per heavy atom. The van der Waals surface area contributed by atoms with Gasteiger partial charge >= 0.3 is 0 Å². The number of H-pyrrole nitrogens is 1. The molecule has 0 radical (unpaired) electrons. The van der Waals surface area contributed by atoms with Gasteiger partial charge in [-0.15, -0.1) is 0 Å². The van der Waals surface area contributed by atoms with E-state index in [9.17, 15) is 0 Å². The second kappa shape index (κ2) is 4.36. The molecule has 0 unspecified atom stereocenters. The number of aromatic amines is 1. The molecule has 0 saturated heterocycles. The summed E-state index contributed by atoms with van der Waals surface area (Å²) in [6.07, 6.45) is 6.63. The maximum absolute atomic E-state index is 4.47. The third kappa shape index (κ3) is 1.75. The van der Waals surface area contributed by atoms with E-state index in [2.05, 4.69) is 35.5 Å². The highest BCUT2D eigenvalue weighted by Crippen LogP contribution is 2.24. The Balaban J connectivity index is 2.23. The molecule has 0 spiro atoms. The number of nitrogens with zero attached hydrogens (tertiary/aromatic N) is 5. The lowest BCUT2D eigenvalue weighted by molar-refractivity contribution is 1.07. The molecule has 0 bridgehead atoms. The van der Waals surface area contributed by atoms with Crippen LogP contribution in [-0.2, 0) is 0 Å². The monoisotopic (exact) mass is 241 g/mol. The molecule has 0 fully saturated rings. The molecule has 7 heteroatoms. The van der Waals surface area contributed by atoms with E-state index >= 15 is 0 Å². The molecule has 0 aliphatic rings. The molecule has 2 N–H and O–H groups in total. The maximum atomic E-state index is 4.47. The molecule has 18 heavy (non-hydrogen) atoms. The van der Waals surface area contributed by atoms with Gasteiger partial charge in [0, 0.05) is 24.5 Å². The highest BCUT2D eigenvalue weighted by atomic mass is 15.2. The Kier molecular flexibility index (Phi) is 2.56. The summed E-state index contributed by atoms with van der Waals surface area (Å²) < 4.78 is 0. The lowest BCUT2D eigenvalue weighted by atomic mass is 10.2. The Bertz CT molecular complexity index is 661. The fourth-order valence-corrected chi connectivity index (χ4v) is 1.71. The van der Waals surface area contributed by atoms with Crippen LogP contribution >= 0.6 is 0 Å². The molecule has 3 aromatic heterocycles. The van der Waals surface area contributed by atoms with Gasteiger partial charge in [-0.05, 0) is 6.92 Å². The van der Waals surface area contributed by atoms with Gasteiger partial charge in [-0.25, -0.2) is 15.0 Å². The molecule has 3 heterocycles. The minimum atomic E-state index is 0.563. The van der Waals surface area contributed by atoms with E-state index in [0.29, 0.717) is 11.6 Å². The van der Waals surface area contributed by atoms with Crippen LogP contribution in [0, 0.1) is 0 Å². The van der Waals surface area contributed by atoms with Crippen molar-refractivity contribution in [1.82, 2.24) is 30.1 Å². The first kappa shape index (κ1) is 10.6. The zero-order chi connectivity index (χ0) is 12.4. The molecule has 7 nitrogen and oxygen atoms in total. The van der Waals surface area contributed by atoms with Gasteiger partial charge in [0.25, 0.3) is 0 Å². The van der Waals surface area contributed by atoms with Crippen molar-refractivity contribution in [1.29, 1.82) is 0 Å². The van der Waals surface area contributed by atoms with Gasteiger partial charge in [0.1, 0.15) is 6.33 Å². The summed E-state index contributed by atoms with van der Waals surface area (Å²) in [6, 6.07) is 0. The molecule has 3 aromatic rings. The number of hydrogen-bond acceptors (Lipinski definition) is 6. The molecule has 0 aliphatic heterocycles. The predicted molar refractivity (Wildman–Crippen MR) is 66.9 cm³/mol. The van der Waals surface area contributed by atoms with Crippen LogP contribution in [0.2, 0.25) is 0 Å². The van der Waals surface area contributed by atoms with Crippen LogP contribution in [0.5, 0.6) is 0 Å². The highest BCUT2D eigenvalue weighted by Gasteiger charge is 2.11. The third-order valence-corrected chi connectivity index (χ3v) is 2.48. The van der Waals surface area contributed by atoms with E-state index in [1.807, 2.05) is 6.92 Å². The lowest BCUT2D eigenvalue weighted by Crippen LogP contribution is -2.03. The maximum Gasteiger partial charge on any atom is 0.225 e. The van der Waals surface area contributed by atoms with Gasteiger partial charge in [0.05, 0.1) is 17.3 Å². The average molecular weight is 241 g/mol. The van der Waals surface area contributed by atoms with Crippen molar-refractivity contribution in [2.45, 2.75) is 6.92 Å². The Morgan fingerprint density at radius 3 is 2.78 bits per heavy atom. The fraction of sp³-hybridized carbons (Fsp3) is 0.182. The molecule has 0 amide bonds. The van der Waals surface area contributed by atoms with E-state index in [-0.39, 0.29) is 0 Å². The van der Waals surface area contributed by atoms with Gasteiger partial charge in [0.15, 0.2) is 5.65 Å². The van der Waals surface area contributed by atoms with Crippen molar-refractivity contribution in [3.8, 4) is 11.3 Å². The Hall–Kier alpha value is -2.57. The van der Waals surface area contributed by atoms with E-state index < -0.39 is 0 Å². The molecule has 3 rings (SSSR count). The van der Waals surface area contributed by atoms with Gasteiger partial charge < -0.3 is 5.32 Å². The first-order chi connectivity index (χ1) is 8.88. The van der Waals surface area contributed by atoms with Crippen LogP contribution in [-0.4, -0.2) is 36.7 Å². The largest absolute Gasteiger partial charge is 0.354 e. The first-order valence-electron chi connectivity index (χ1n) is 5.59. The normalized spacial score (nSPS) is 10.7. The second-order valence-electron chi connectivity index (χ2n) is 3.69. The van der Waals surface area contributed by atoms with Crippen LogP contribution in [0.4, 0.5) is 5.95 Å². The Morgan fingerprint density at radius 2 is 2.00 bits per heavy atom. The van der Waals surface area contributed by atoms with Gasteiger partial charge in [-0.1, -0.05) is 0 Å². The number of rotatable bonds is 3. The van der Waals surface area contributed by atoms with Crippen molar-refractivity contribution < 1.29 is 0 Å². The average Bonchev–Trinajstić information content (AvgIpc) is 2.87. The lowest BCUT2D eigenvalue weighted by Gasteiger charge is -2.05. The topological polar surface area (TPSA) is 92.3 Å². The van der Waals surface area contributed by atoms with Crippen molar-refractivity contribution in [2.24, 2.45) is 0 Å². The fourth-order valence-electron chi connectivity index (χ4n) is 1.71. The summed E-state index contributed by atoms with van der Waals surface area (Å²) in [7, 11) is 0. The summed E-state index contributed by atoms with van der Waals surface area (Å²) in [5.74, 6) is 0.563. The Labute approximate surface area is 103 Å². The molecule has 0 aromatic carbocycles. The molecule has 90 valence electrons. The number of aromatic nitrogens is 6. The second-order valence-corrected chi connectivity index (χ2v) is 3.69. The van der Waals surface area contributed by atoms with Crippen molar-refractivity contribution in [3.63, 3.8) is 0 Å². The third-order valence-electron chi connectivity index (χ3n) is 2.48. The van der Waals surface area contributed by atoms with Crippen LogP contribution < -0.4 is 5.32 Å². The van der Waals surface area contributed by atoms with Crippen molar-refractivity contribution in [2.75, 3.05) is 11.9 Å². The van der Waals surface area contributed by atoms with Gasteiger partial charge in [0.2, 0.25) is 5.95 Å². The predicted octanol–water partition coefficient (Wildman–Crippen LogP) is 1.24. The summed E-state index contributed by atoms with van der Waals surface area (Å²) >= 11 is 0. The standard InChI is InChI=1S/C11H11N7/c1-2-14-11-16-9(7-3-12-6-13-4-7)8-5-15-18-10(8)17-11/h3-6H,2H2,1H3,(H2,14,15,16,17,18). The highest BCUT2D eigenvalue weighted by molar-refractivity contribution is 5.90. The molecule has 0 aliphatic carbocycles. The molecule has 0 atom stereocenters. The van der Waals surface area contributed by atoms with E-state index in [0.717, 1.165) is 23.2 Å². The SMILES string of the molecule is CCNc1nc(-c2cncnc2)c2cn[nH]c2n1. The number of hydrogen-bond donors (Lipinski definition) is 2. The van der Waals surface area contributed by atoms with E-state index in [1.165, 1.54) is 6.33 Å². The zero-order valence-corrected chi connectivity index (χ0v) is 9.75. The first-order valence-corrected chi connectivity index (χ1v) is 5.59. The van der Waals surface area contributed by atoms with Crippen molar-refractivity contribution >= 4 is 17.0 Å². The minimum Gasteiger partial charge on any atom is -0.354 e. The molecular formula is C11H11N7. The van der Waals surface area contributed by atoms with Gasteiger partial charge in [-0.2, -0.15) is 10.1 Å². The van der Waals surface area contributed by atoms with E-state index in [4.69, 9.17) is 0 Å². The van der Waals surface area contributed by atoms with Crippen molar-refractivity contribution in [3.05, 3.63) is 24.9 Å². The summed E-state index contributed by atoms with van der Waals surface area (Å²) in [6.45, 7) is 2.75. The quantitative estimate of drug-likeness (QED) is 0.716. The number of nitrogens with one attached hydrogen (secondary N) is 2. The van der Waals surface area contributed by atoms with Crippen LogP contribution in [0.3, 0.4) is 0 Å². The minimum absolute atomic E-state index is 0.563. The molecular weight excluding hydrogens is 230 g/mol.